The number of amides is 2. The van der Waals surface area contributed by atoms with Crippen molar-refractivity contribution in [1.82, 2.24) is 20.2 Å². The summed E-state index contributed by atoms with van der Waals surface area (Å²) in [4.78, 5) is 34.3. The maximum absolute atomic E-state index is 12.8. The number of pyridine rings is 1. The number of H-pyrrole nitrogens is 1. The molecule has 0 aromatic carbocycles. The first-order valence-corrected chi connectivity index (χ1v) is 8.96. The number of hydrogen-bond donors (Lipinski definition) is 2. The summed E-state index contributed by atoms with van der Waals surface area (Å²) in [5, 5.41) is 2.83. The normalized spacial score (nSPS) is 16.8. The van der Waals surface area contributed by atoms with Gasteiger partial charge in [0.2, 0.25) is 5.88 Å². The van der Waals surface area contributed by atoms with Crippen LogP contribution in [0.4, 0.5) is 0 Å². The molecule has 2 N–H and O–H groups in total. The van der Waals surface area contributed by atoms with E-state index in [9.17, 15) is 9.59 Å². The van der Waals surface area contributed by atoms with Gasteiger partial charge in [-0.25, -0.2) is 4.98 Å². The monoisotopic (exact) mass is 354 g/mol. The zero-order chi connectivity index (χ0) is 18.1. The lowest BCUT2D eigenvalue weighted by molar-refractivity contribution is 0.0706. The molecule has 7 nitrogen and oxygen atoms in total. The average molecular weight is 354 g/mol. The predicted octanol–water partition coefficient (Wildman–Crippen LogP) is 2.25. The Hall–Kier alpha value is -2.83. The molecule has 2 amide bonds. The average Bonchev–Trinajstić information content (AvgIpc) is 3.40. The summed E-state index contributed by atoms with van der Waals surface area (Å²) in [7, 11) is 1.55. The number of carbonyl (C=O) groups is 2. The van der Waals surface area contributed by atoms with Gasteiger partial charge in [-0.05, 0) is 31.0 Å². The summed E-state index contributed by atoms with van der Waals surface area (Å²) in [6.07, 6.45) is 6.18. The number of aromatic amines is 1. The summed E-state index contributed by atoms with van der Waals surface area (Å²) in [6, 6.07) is 5.60. The Morgan fingerprint density at radius 2 is 2.23 bits per heavy atom. The molecule has 0 spiro atoms. The summed E-state index contributed by atoms with van der Waals surface area (Å²) >= 11 is 0. The fourth-order valence-corrected chi connectivity index (χ4v) is 3.82. The third-order valence-corrected chi connectivity index (χ3v) is 5.19. The first kappa shape index (κ1) is 16.6. The topological polar surface area (TPSA) is 87.3 Å². The van der Waals surface area contributed by atoms with Gasteiger partial charge in [-0.2, -0.15) is 0 Å². The molecule has 1 fully saturated rings. The zero-order valence-corrected chi connectivity index (χ0v) is 14.7. The highest BCUT2D eigenvalue weighted by molar-refractivity contribution is 5.98. The lowest BCUT2D eigenvalue weighted by atomic mass is 10.1. The van der Waals surface area contributed by atoms with Crippen molar-refractivity contribution in [3.8, 4) is 5.88 Å². The number of aromatic nitrogens is 2. The van der Waals surface area contributed by atoms with E-state index in [4.69, 9.17) is 4.74 Å². The number of fused-ring (bicyclic) bond motifs is 1. The number of methoxy groups -OCH3 is 1. The van der Waals surface area contributed by atoms with Gasteiger partial charge in [0.1, 0.15) is 5.69 Å². The fraction of sp³-hybridized carbons (Fsp3) is 0.421. The molecule has 0 radical (unpaired) electrons. The summed E-state index contributed by atoms with van der Waals surface area (Å²) in [5.74, 6) is 0.284. The smallest absolute Gasteiger partial charge is 0.267 e. The Balaban J connectivity index is 1.54. The van der Waals surface area contributed by atoms with Crippen molar-refractivity contribution in [2.75, 3.05) is 7.11 Å². The number of hydrogen-bond acceptors (Lipinski definition) is 4. The molecule has 3 heterocycles. The van der Waals surface area contributed by atoms with Crippen molar-refractivity contribution < 1.29 is 14.3 Å². The molecule has 0 atom stereocenters. The number of ether oxygens (including phenoxy) is 1. The molecule has 0 unspecified atom stereocenters. The van der Waals surface area contributed by atoms with Crippen LogP contribution in [-0.4, -0.2) is 39.8 Å². The van der Waals surface area contributed by atoms with Crippen LogP contribution in [0, 0.1) is 0 Å². The minimum Gasteiger partial charge on any atom is -0.481 e. The van der Waals surface area contributed by atoms with Gasteiger partial charge >= 0.3 is 0 Å². The largest absolute Gasteiger partial charge is 0.481 e. The standard InChI is InChI=1S/C19H22N4O3/c1-26-18-12(10-21-17(24)15-7-4-8-20-15)9-14-16(22-18)11-23(19(14)25)13-5-2-3-6-13/h4,7-9,13,20H,2-3,5-6,10-11H2,1H3,(H,21,24). The van der Waals surface area contributed by atoms with E-state index in [1.54, 1.807) is 25.4 Å². The van der Waals surface area contributed by atoms with Crippen molar-refractivity contribution in [2.45, 2.75) is 44.8 Å². The van der Waals surface area contributed by atoms with Crippen LogP contribution in [0.25, 0.3) is 0 Å². The minimum atomic E-state index is -0.212. The molecule has 0 saturated heterocycles. The highest BCUT2D eigenvalue weighted by atomic mass is 16.5. The minimum absolute atomic E-state index is 0.0407. The molecular formula is C19H22N4O3. The molecule has 2 aliphatic rings. The number of carbonyl (C=O) groups excluding carboxylic acids is 2. The van der Waals surface area contributed by atoms with Gasteiger partial charge < -0.3 is 19.9 Å². The molecule has 0 bridgehead atoms. The second-order valence-electron chi connectivity index (χ2n) is 6.79. The number of nitrogens with one attached hydrogen (secondary N) is 2. The van der Waals surface area contributed by atoms with Gasteiger partial charge in [-0.3, -0.25) is 9.59 Å². The summed E-state index contributed by atoms with van der Waals surface area (Å²) in [5.41, 5.74) is 2.58. The van der Waals surface area contributed by atoms with Gasteiger partial charge in [0.25, 0.3) is 11.8 Å². The summed E-state index contributed by atoms with van der Waals surface area (Å²) in [6.45, 7) is 0.794. The van der Waals surface area contributed by atoms with Crippen LogP contribution in [-0.2, 0) is 13.1 Å². The molecule has 26 heavy (non-hydrogen) atoms. The Morgan fingerprint density at radius 1 is 1.42 bits per heavy atom. The van der Waals surface area contributed by atoms with Crippen LogP contribution >= 0.6 is 0 Å². The molecule has 7 heteroatoms. The molecule has 1 aliphatic carbocycles. The molecular weight excluding hydrogens is 332 g/mol. The quantitative estimate of drug-likeness (QED) is 0.862. The molecule has 136 valence electrons. The molecule has 1 saturated carbocycles. The van der Waals surface area contributed by atoms with E-state index in [2.05, 4.69) is 15.3 Å². The number of nitrogens with zero attached hydrogens (tertiary/aromatic N) is 2. The van der Waals surface area contributed by atoms with Crippen LogP contribution in [0.15, 0.2) is 24.4 Å². The van der Waals surface area contributed by atoms with Gasteiger partial charge in [0.15, 0.2) is 0 Å². The Labute approximate surface area is 151 Å². The predicted molar refractivity (Wildman–Crippen MR) is 94.9 cm³/mol. The van der Waals surface area contributed by atoms with Crippen molar-refractivity contribution >= 4 is 11.8 Å². The maximum atomic E-state index is 12.8. The van der Waals surface area contributed by atoms with Gasteiger partial charge in [0.05, 0.1) is 24.9 Å². The van der Waals surface area contributed by atoms with Crippen LogP contribution in [0.5, 0.6) is 5.88 Å². The SMILES string of the molecule is COc1nc2c(cc1CNC(=O)c1ccc[nH]1)C(=O)N(C1CCCC1)C2. The third-order valence-electron chi connectivity index (χ3n) is 5.19. The van der Waals surface area contributed by atoms with Crippen LogP contribution < -0.4 is 10.1 Å². The number of rotatable bonds is 5. The molecule has 2 aromatic rings. The van der Waals surface area contributed by atoms with Gasteiger partial charge in [-0.1, -0.05) is 12.8 Å². The van der Waals surface area contributed by atoms with Gasteiger partial charge in [0, 0.05) is 24.3 Å². The van der Waals surface area contributed by atoms with Crippen molar-refractivity contribution in [3.63, 3.8) is 0 Å². The van der Waals surface area contributed by atoms with E-state index >= 15 is 0 Å². The first-order valence-electron chi connectivity index (χ1n) is 8.96. The molecule has 4 rings (SSSR count). The molecule has 1 aliphatic heterocycles. The lowest BCUT2D eigenvalue weighted by Gasteiger charge is -2.22. The van der Waals surface area contributed by atoms with E-state index in [1.807, 2.05) is 11.0 Å². The Morgan fingerprint density at radius 3 is 2.92 bits per heavy atom. The van der Waals surface area contributed by atoms with E-state index in [1.165, 1.54) is 12.8 Å². The van der Waals surface area contributed by atoms with Crippen molar-refractivity contribution in [1.29, 1.82) is 0 Å². The van der Waals surface area contributed by atoms with Crippen molar-refractivity contribution in [3.05, 3.63) is 46.9 Å². The van der Waals surface area contributed by atoms with Crippen molar-refractivity contribution in [2.24, 2.45) is 0 Å². The second-order valence-corrected chi connectivity index (χ2v) is 6.79. The highest BCUT2D eigenvalue weighted by Crippen LogP contribution is 2.33. The van der Waals surface area contributed by atoms with Gasteiger partial charge in [-0.15, -0.1) is 0 Å². The Bertz CT molecular complexity index is 826. The third kappa shape index (κ3) is 2.94. The van der Waals surface area contributed by atoms with Crippen LogP contribution in [0.3, 0.4) is 0 Å². The van der Waals surface area contributed by atoms with Crippen LogP contribution in [0.2, 0.25) is 0 Å². The second kappa shape index (κ2) is 6.82. The van der Waals surface area contributed by atoms with Crippen LogP contribution in [0.1, 0.15) is 57.8 Å². The van der Waals surface area contributed by atoms with E-state index in [0.717, 1.165) is 18.5 Å². The first-order chi connectivity index (χ1) is 12.7. The highest BCUT2D eigenvalue weighted by Gasteiger charge is 2.35. The van der Waals surface area contributed by atoms with E-state index < -0.39 is 0 Å². The van der Waals surface area contributed by atoms with E-state index in [0.29, 0.717) is 35.3 Å². The zero-order valence-electron chi connectivity index (χ0n) is 14.7. The Kier molecular flexibility index (Phi) is 4.36. The fourth-order valence-electron chi connectivity index (χ4n) is 3.82. The lowest BCUT2D eigenvalue weighted by Crippen LogP contribution is -2.33. The maximum Gasteiger partial charge on any atom is 0.267 e. The molecule has 2 aromatic heterocycles. The summed E-state index contributed by atoms with van der Waals surface area (Å²) < 4.78 is 5.39. The van der Waals surface area contributed by atoms with E-state index in [-0.39, 0.29) is 18.4 Å².